The second-order valence-corrected chi connectivity index (χ2v) is 8.16. The number of alkyl halides is 3. The highest BCUT2D eigenvalue weighted by atomic mass is 35.5. The maximum absolute atomic E-state index is 10.6. The first-order valence-electron chi connectivity index (χ1n) is 9.33. The van der Waals surface area contributed by atoms with Crippen LogP contribution in [0.3, 0.4) is 0 Å². The summed E-state index contributed by atoms with van der Waals surface area (Å²) in [5.74, 6) is 0.419. The molecule has 4 rings (SSSR count). The second-order valence-electron chi connectivity index (χ2n) is 6.65. The van der Waals surface area contributed by atoms with Crippen molar-refractivity contribution in [1.29, 1.82) is 0 Å². The Morgan fingerprint density at radius 3 is 2.38 bits per heavy atom. The zero-order valence-corrected chi connectivity index (χ0v) is 18.1. The van der Waals surface area contributed by atoms with E-state index in [9.17, 15) is 13.2 Å². The number of hydrogen-bond donors (Lipinski definition) is 3. The van der Waals surface area contributed by atoms with Gasteiger partial charge in [-0.2, -0.15) is 29.9 Å². The number of carboxylic acid groups (broad SMARTS) is 1. The van der Waals surface area contributed by atoms with Gasteiger partial charge in [0.05, 0.1) is 6.20 Å². The lowest BCUT2D eigenvalue weighted by molar-refractivity contribution is -0.192. The monoisotopic (exact) mass is 482 g/mol. The van der Waals surface area contributed by atoms with Gasteiger partial charge in [-0.25, -0.2) is 9.78 Å². The standard InChI is InChI=1S/C19H17ClN4S.C2HF3O2/c20-17-11-21-19-23-16-6-2-4-14(10-16)12-25-8-7-13-3-1-5-15(9-13)22-18(17)24-19;3-2(4,5)1(6)7/h1-6,9-11H,7-8,12H2,(H2,21,22,23,24);(H,6,7). The van der Waals surface area contributed by atoms with E-state index in [1.165, 1.54) is 11.1 Å². The molecular formula is C21H18ClF3N4O2S. The molecule has 3 aromatic rings. The van der Waals surface area contributed by atoms with Crippen molar-refractivity contribution in [3.8, 4) is 0 Å². The quantitative estimate of drug-likeness (QED) is 0.360. The first kappa shape index (κ1) is 23.7. The number of carbonyl (C=O) groups is 1. The number of carboxylic acids is 1. The van der Waals surface area contributed by atoms with Gasteiger partial charge in [0.1, 0.15) is 5.02 Å². The van der Waals surface area contributed by atoms with Crippen molar-refractivity contribution in [2.75, 3.05) is 16.4 Å². The largest absolute Gasteiger partial charge is 0.490 e. The molecule has 168 valence electrons. The van der Waals surface area contributed by atoms with Crippen molar-refractivity contribution in [2.45, 2.75) is 18.3 Å². The fraction of sp³-hybridized carbons (Fsp3) is 0.190. The Labute approximate surface area is 191 Å². The lowest BCUT2D eigenvalue weighted by Gasteiger charge is -2.11. The van der Waals surface area contributed by atoms with E-state index in [-0.39, 0.29) is 0 Å². The number of nitrogens with zero attached hydrogens (tertiary/aromatic N) is 2. The van der Waals surface area contributed by atoms with Gasteiger partial charge in [-0.1, -0.05) is 35.9 Å². The average Bonchev–Trinajstić information content (AvgIpc) is 2.74. The molecule has 0 fully saturated rings. The Bertz CT molecular complexity index is 1100. The topological polar surface area (TPSA) is 87.1 Å². The number of aryl methyl sites for hydroxylation is 1. The van der Waals surface area contributed by atoms with E-state index >= 15 is 0 Å². The minimum atomic E-state index is -5.08. The minimum absolute atomic E-state index is 0.490. The molecule has 2 aromatic carbocycles. The summed E-state index contributed by atoms with van der Waals surface area (Å²) in [6.07, 6.45) is -2.44. The second kappa shape index (κ2) is 10.6. The molecule has 6 bridgehead atoms. The predicted molar refractivity (Wildman–Crippen MR) is 120 cm³/mol. The third-order valence-electron chi connectivity index (χ3n) is 4.16. The molecular weight excluding hydrogens is 465 g/mol. The van der Waals surface area contributed by atoms with E-state index < -0.39 is 12.1 Å². The van der Waals surface area contributed by atoms with Gasteiger partial charge >= 0.3 is 12.1 Å². The van der Waals surface area contributed by atoms with Gasteiger partial charge < -0.3 is 15.7 Å². The van der Waals surface area contributed by atoms with Gasteiger partial charge in [0.25, 0.3) is 0 Å². The number of rotatable bonds is 0. The van der Waals surface area contributed by atoms with E-state index in [4.69, 9.17) is 21.5 Å². The zero-order valence-electron chi connectivity index (χ0n) is 16.5. The normalized spacial score (nSPS) is 13.2. The first-order chi connectivity index (χ1) is 15.2. The Hall–Kier alpha value is -2.98. The SMILES string of the molecule is Clc1cnc2nc1Nc1cccc(c1)CCSCc1cccc(c1)N2.O=C(O)C(F)(F)F. The van der Waals surface area contributed by atoms with Crippen molar-refractivity contribution in [2.24, 2.45) is 0 Å². The third-order valence-corrected chi connectivity index (χ3v) is 5.47. The summed E-state index contributed by atoms with van der Waals surface area (Å²) in [4.78, 5) is 17.7. The lowest BCUT2D eigenvalue weighted by atomic mass is 10.1. The highest BCUT2D eigenvalue weighted by molar-refractivity contribution is 7.98. The van der Waals surface area contributed by atoms with Crippen molar-refractivity contribution in [3.63, 3.8) is 0 Å². The summed E-state index contributed by atoms with van der Waals surface area (Å²) >= 11 is 8.21. The van der Waals surface area contributed by atoms with Crippen LogP contribution in [-0.4, -0.2) is 33.0 Å². The number of anilines is 4. The highest BCUT2D eigenvalue weighted by Gasteiger charge is 2.38. The molecule has 6 nitrogen and oxygen atoms in total. The molecule has 1 aliphatic heterocycles. The van der Waals surface area contributed by atoms with Crippen LogP contribution in [0.15, 0.2) is 54.7 Å². The Morgan fingerprint density at radius 1 is 1.06 bits per heavy atom. The number of benzene rings is 2. The molecule has 3 N–H and O–H groups in total. The maximum Gasteiger partial charge on any atom is 0.490 e. The fourth-order valence-electron chi connectivity index (χ4n) is 2.70. The number of aliphatic carboxylic acids is 1. The van der Waals surface area contributed by atoms with Gasteiger partial charge in [0.15, 0.2) is 5.82 Å². The average molecular weight is 483 g/mol. The van der Waals surface area contributed by atoms with Gasteiger partial charge in [-0.15, -0.1) is 0 Å². The summed E-state index contributed by atoms with van der Waals surface area (Å²) in [6.45, 7) is 0. The van der Waals surface area contributed by atoms with Crippen molar-refractivity contribution < 1.29 is 23.1 Å². The molecule has 11 heteroatoms. The van der Waals surface area contributed by atoms with Crippen molar-refractivity contribution in [1.82, 2.24) is 9.97 Å². The maximum atomic E-state index is 10.6. The van der Waals surface area contributed by atoms with Crippen LogP contribution in [0.4, 0.5) is 36.3 Å². The molecule has 0 unspecified atom stereocenters. The summed E-state index contributed by atoms with van der Waals surface area (Å²) in [7, 11) is 0. The number of halogens is 4. The molecule has 0 spiro atoms. The van der Waals surface area contributed by atoms with Crippen LogP contribution in [0.2, 0.25) is 5.02 Å². The molecule has 0 aliphatic carbocycles. The zero-order chi connectivity index (χ0) is 23.1. The van der Waals surface area contributed by atoms with E-state index in [0.717, 1.165) is 29.3 Å². The number of aromatic nitrogens is 2. The van der Waals surface area contributed by atoms with Crippen molar-refractivity contribution >= 4 is 52.5 Å². The van der Waals surface area contributed by atoms with Crippen LogP contribution in [0, 0.1) is 0 Å². The molecule has 1 aliphatic rings. The number of fused-ring (bicyclic) bond motifs is 6. The Kier molecular flexibility index (Phi) is 7.81. The number of thioether (sulfide) groups is 1. The summed E-state index contributed by atoms with van der Waals surface area (Å²) in [5.41, 5.74) is 4.53. The molecule has 32 heavy (non-hydrogen) atoms. The molecule has 0 radical (unpaired) electrons. The predicted octanol–water partition coefficient (Wildman–Crippen LogP) is 6.04. The van der Waals surface area contributed by atoms with Crippen molar-refractivity contribution in [3.05, 3.63) is 70.9 Å². The van der Waals surface area contributed by atoms with Crippen LogP contribution in [0.5, 0.6) is 0 Å². The summed E-state index contributed by atoms with van der Waals surface area (Å²) in [5, 5.41) is 14.2. The first-order valence-corrected chi connectivity index (χ1v) is 10.9. The lowest BCUT2D eigenvalue weighted by Crippen LogP contribution is -2.21. The highest BCUT2D eigenvalue weighted by Crippen LogP contribution is 2.27. The van der Waals surface area contributed by atoms with Gasteiger partial charge in [0.2, 0.25) is 5.95 Å². The number of nitrogens with one attached hydrogen (secondary N) is 2. The summed E-state index contributed by atoms with van der Waals surface area (Å²) < 4.78 is 31.7. The minimum Gasteiger partial charge on any atom is -0.475 e. The van der Waals surface area contributed by atoms with Crippen LogP contribution >= 0.6 is 23.4 Å². The molecule has 2 heterocycles. The Balaban J connectivity index is 0.000000360. The smallest absolute Gasteiger partial charge is 0.475 e. The van der Waals surface area contributed by atoms with Crippen LogP contribution in [0.1, 0.15) is 11.1 Å². The van der Waals surface area contributed by atoms with Gasteiger partial charge in [-0.3, -0.25) is 0 Å². The fourth-order valence-corrected chi connectivity index (χ4v) is 3.78. The molecule has 0 saturated carbocycles. The molecule has 0 amide bonds. The number of hydrogen-bond acceptors (Lipinski definition) is 6. The van der Waals surface area contributed by atoms with E-state index in [1.54, 1.807) is 6.20 Å². The molecule has 1 aromatic heterocycles. The third kappa shape index (κ3) is 7.03. The van der Waals surface area contributed by atoms with E-state index in [0.29, 0.717) is 16.8 Å². The Morgan fingerprint density at radius 2 is 1.69 bits per heavy atom. The van der Waals surface area contributed by atoms with E-state index in [2.05, 4.69) is 57.0 Å². The molecule has 0 saturated heterocycles. The van der Waals surface area contributed by atoms with E-state index in [1.807, 2.05) is 23.9 Å². The van der Waals surface area contributed by atoms with Gasteiger partial charge in [0, 0.05) is 17.1 Å². The summed E-state index contributed by atoms with van der Waals surface area (Å²) in [6, 6.07) is 16.7. The molecule has 0 atom stereocenters. The van der Waals surface area contributed by atoms with Crippen LogP contribution in [-0.2, 0) is 17.0 Å². The van der Waals surface area contributed by atoms with Gasteiger partial charge in [-0.05, 0) is 47.6 Å². The van der Waals surface area contributed by atoms with Crippen LogP contribution in [0.25, 0.3) is 0 Å². The van der Waals surface area contributed by atoms with Crippen LogP contribution < -0.4 is 10.6 Å².